The lowest BCUT2D eigenvalue weighted by Gasteiger charge is -2.38. The Balaban J connectivity index is 2.69. The highest BCUT2D eigenvalue weighted by molar-refractivity contribution is 4.98. The Labute approximate surface area is 76.2 Å². The molecule has 0 aromatic carbocycles. The van der Waals surface area contributed by atoms with Crippen LogP contribution in [0.4, 0.5) is 0 Å². The number of rotatable bonds is 2. The molecule has 72 valence electrons. The Kier molecular flexibility index (Phi) is 2.53. The molecular formula is C11H22O. The van der Waals surface area contributed by atoms with Crippen molar-refractivity contribution >= 4 is 0 Å². The smallest absolute Gasteiger partial charge is 0.0700 e. The van der Waals surface area contributed by atoms with Crippen LogP contribution in [0.15, 0.2) is 0 Å². The fourth-order valence-corrected chi connectivity index (χ4v) is 2.45. The van der Waals surface area contributed by atoms with E-state index >= 15 is 0 Å². The molecule has 0 heterocycles. The van der Waals surface area contributed by atoms with E-state index in [1.54, 1.807) is 0 Å². The molecule has 12 heavy (non-hydrogen) atoms. The fourth-order valence-electron chi connectivity index (χ4n) is 2.45. The Morgan fingerprint density at radius 3 is 2.17 bits per heavy atom. The molecule has 0 saturated heterocycles. The third-order valence-corrected chi connectivity index (χ3v) is 3.40. The van der Waals surface area contributed by atoms with E-state index in [1.165, 1.54) is 12.8 Å². The molecular weight excluding hydrogens is 148 g/mol. The van der Waals surface area contributed by atoms with Crippen LogP contribution >= 0.6 is 0 Å². The molecule has 0 aliphatic heterocycles. The van der Waals surface area contributed by atoms with Crippen LogP contribution < -0.4 is 0 Å². The minimum absolute atomic E-state index is 0.136. The summed E-state index contributed by atoms with van der Waals surface area (Å²) in [5.74, 6) is 0.604. The maximum absolute atomic E-state index is 10.4. The summed E-state index contributed by atoms with van der Waals surface area (Å²) in [6.07, 6.45) is 4.32. The number of aliphatic hydroxyl groups is 1. The van der Waals surface area contributed by atoms with Crippen molar-refractivity contribution in [3.05, 3.63) is 0 Å². The van der Waals surface area contributed by atoms with Crippen molar-refractivity contribution in [2.75, 3.05) is 0 Å². The Morgan fingerprint density at radius 1 is 1.25 bits per heavy atom. The summed E-state index contributed by atoms with van der Waals surface area (Å²) in [6, 6.07) is 0. The molecule has 1 unspecified atom stereocenters. The van der Waals surface area contributed by atoms with Crippen molar-refractivity contribution in [2.45, 2.75) is 59.0 Å². The first-order valence-electron chi connectivity index (χ1n) is 5.10. The molecule has 1 fully saturated rings. The summed E-state index contributed by atoms with van der Waals surface area (Å²) in [6.45, 7) is 8.77. The third kappa shape index (κ3) is 1.66. The zero-order chi connectivity index (χ0) is 9.41. The lowest BCUT2D eigenvalue weighted by molar-refractivity contribution is -0.0581. The second-order valence-corrected chi connectivity index (χ2v) is 5.37. The summed E-state index contributed by atoms with van der Waals surface area (Å²) in [7, 11) is 0. The van der Waals surface area contributed by atoms with E-state index in [1.807, 2.05) is 0 Å². The Morgan fingerprint density at radius 2 is 1.83 bits per heavy atom. The Hall–Kier alpha value is -0.0400. The summed E-state index contributed by atoms with van der Waals surface area (Å²) in [5, 5.41) is 10.4. The summed E-state index contributed by atoms with van der Waals surface area (Å²) < 4.78 is 0. The van der Waals surface area contributed by atoms with Crippen LogP contribution in [0.2, 0.25) is 0 Å². The molecule has 1 atom stereocenters. The van der Waals surface area contributed by atoms with Gasteiger partial charge in [0.1, 0.15) is 0 Å². The first kappa shape index (κ1) is 10.0. The Bertz CT molecular complexity index is 160. The van der Waals surface area contributed by atoms with Gasteiger partial charge in [-0.3, -0.25) is 0 Å². The minimum atomic E-state index is -0.388. The highest BCUT2D eigenvalue weighted by Gasteiger charge is 2.47. The van der Waals surface area contributed by atoms with E-state index in [-0.39, 0.29) is 11.0 Å². The van der Waals surface area contributed by atoms with Crippen LogP contribution in [-0.2, 0) is 0 Å². The molecule has 1 heteroatoms. The zero-order valence-corrected chi connectivity index (χ0v) is 8.85. The second-order valence-electron chi connectivity index (χ2n) is 5.37. The van der Waals surface area contributed by atoms with E-state index in [0.29, 0.717) is 5.92 Å². The van der Waals surface area contributed by atoms with Crippen molar-refractivity contribution in [3.8, 4) is 0 Å². The molecule has 0 aromatic rings. The zero-order valence-electron chi connectivity index (χ0n) is 8.85. The van der Waals surface area contributed by atoms with Gasteiger partial charge in [-0.25, -0.2) is 0 Å². The number of hydrogen-bond donors (Lipinski definition) is 1. The molecule has 1 nitrogen and oxygen atoms in total. The minimum Gasteiger partial charge on any atom is -0.389 e. The standard InChI is InChI=1S/C11H22O/c1-9(2)8-11(12)7-5-6-10(11,3)4/h9,12H,5-8H2,1-4H3. The first-order valence-corrected chi connectivity index (χ1v) is 5.10. The SMILES string of the molecule is CC(C)CC1(O)CCCC1(C)C. The normalized spacial score (nSPS) is 34.5. The van der Waals surface area contributed by atoms with Crippen LogP contribution in [-0.4, -0.2) is 10.7 Å². The number of hydrogen-bond acceptors (Lipinski definition) is 1. The quantitative estimate of drug-likeness (QED) is 0.675. The lowest BCUT2D eigenvalue weighted by atomic mass is 9.73. The highest BCUT2D eigenvalue weighted by atomic mass is 16.3. The molecule has 0 aromatic heterocycles. The maximum Gasteiger partial charge on any atom is 0.0700 e. The van der Waals surface area contributed by atoms with E-state index in [0.717, 1.165) is 12.8 Å². The van der Waals surface area contributed by atoms with Crippen LogP contribution in [0, 0.1) is 11.3 Å². The summed E-state index contributed by atoms with van der Waals surface area (Å²) in [5.41, 5.74) is -0.252. The van der Waals surface area contributed by atoms with Crippen molar-refractivity contribution in [3.63, 3.8) is 0 Å². The van der Waals surface area contributed by atoms with Gasteiger partial charge in [0, 0.05) is 0 Å². The van der Waals surface area contributed by atoms with E-state index < -0.39 is 0 Å². The monoisotopic (exact) mass is 170 g/mol. The average Bonchev–Trinajstić information content (AvgIpc) is 2.05. The van der Waals surface area contributed by atoms with Gasteiger partial charge in [0.05, 0.1) is 5.60 Å². The highest BCUT2D eigenvalue weighted by Crippen LogP contribution is 2.48. The van der Waals surface area contributed by atoms with Gasteiger partial charge < -0.3 is 5.11 Å². The van der Waals surface area contributed by atoms with E-state index in [2.05, 4.69) is 27.7 Å². The van der Waals surface area contributed by atoms with Crippen molar-refractivity contribution in [1.29, 1.82) is 0 Å². The fraction of sp³-hybridized carbons (Fsp3) is 1.00. The van der Waals surface area contributed by atoms with Crippen LogP contribution in [0.1, 0.15) is 53.4 Å². The van der Waals surface area contributed by atoms with Crippen LogP contribution in [0.25, 0.3) is 0 Å². The van der Waals surface area contributed by atoms with Gasteiger partial charge >= 0.3 is 0 Å². The molecule has 0 radical (unpaired) electrons. The van der Waals surface area contributed by atoms with Gasteiger partial charge in [-0.1, -0.05) is 27.7 Å². The molecule has 1 saturated carbocycles. The molecule has 1 N–H and O–H groups in total. The van der Waals surface area contributed by atoms with Crippen LogP contribution in [0.5, 0.6) is 0 Å². The first-order chi connectivity index (χ1) is 5.37. The third-order valence-electron chi connectivity index (χ3n) is 3.40. The molecule has 0 bridgehead atoms. The van der Waals surface area contributed by atoms with Crippen LogP contribution in [0.3, 0.4) is 0 Å². The topological polar surface area (TPSA) is 20.2 Å². The van der Waals surface area contributed by atoms with Crippen molar-refractivity contribution < 1.29 is 5.11 Å². The van der Waals surface area contributed by atoms with Gasteiger partial charge in [0.2, 0.25) is 0 Å². The lowest BCUT2D eigenvalue weighted by Crippen LogP contribution is -2.40. The van der Waals surface area contributed by atoms with E-state index in [4.69, 9.17) is 0 Å². The van der Waals surface area contributed by atoms with Gasteiger partial charge in [-0.2, -0.15) is 0 Å². The van der Waals surface area contributed by atoms with Crippen molar-refractivity contribution in [2.24, 2.45) is 11.3 Å². The van der Waals surface area contributed by atoms with Gasteiger partial charge in [-0.05, 0) is 37.0 Å². The average molecular weight is 170 g/mol. The van der Waals surface area contributed by atoms with Gasteiger partial charge in [-0.15, -0.1) is 0 Å². The predicted octanol–water partition coefficient (Wildman–Crippen LogP) is 2.97. The van der Waals surface area contributed by atoms with Gasteiger partial charge in [0.15, 0.2) is 0 Å². The largest absolute Gasteiger partial charge is 0.389 e. The second kappa shape index (κ2) is 3.02. The molecule has 0 amide bonds. The molecule has 0 spiro atoms. The summed E-state index contributed by atoms with van der Waals surface area (Å²) in [4.78, 5) is 0. The van der Waals surface area contributed by atoms with Gasteiger partial charge in [0.25, 0.3) is 0 Å². The molecule has 1 aliphatic rings. The van der Waals surface area contributed by atoms with Crippen molar-refractivity contribution in [1.82, 2.24) is 0 Å². The molecule has 1 rings (SSSR count). The maximum atomic E-state index is 10.4. The summed E-state index contributed by atoms with van der Waals surface area (Å²) >= 11 is 0. The van der Waals surface area contributed by atoms with E-state index in [9.17, 15) is 5.11 Å². The molecule has 1 aliphatic carbocycles. The predicted molar refractivity (Wildman–Crippen MR) is 52.0 cm³/mol.